The molecule has 0 bridgehead atoms. The third-order valence-electron chi connectivity index (χ3n) is 2.80. The van der Waals surface area contributed by atoms with Crippen LogP contribution in [-0.2, 0) is 9.84 Å². The lowest BCUT2D eigenvalue weighted by molar-refractivity contribution is 0.0920. The molecule has 6 heteroatoms. The molecule has 0 saturated carbocycles. The number of hydrogen-bond acceptors (Lipinski definition) is 4. The molecule has 4 nitrogen and oxygen atoms in total. The molecule has 0 aromatic heterocycles. The number of hydrogen-bond donors (Lipinski definition) is 0. The van der Waals surface area contributed by atoms with E-state index in [2.05, 4.69) is 15.9 Å². The highest BCUT2D eigenvalue weighted by molar-refractivity contribution is 9.10. The standard InChI is InChI=1S/C15H13BrO4S/c1-21(18,19)12-8-6-11(7-9-12)20-10-15(17)13-4-2-3-5-14(13)16/h2-9H,10H2,1H3. The number of rotatable bonds is 5. The Balaban J connectivity index is 2.04. The zero-order valence-corrected chi connectivity index (χ0v) is 13.6. The summed E-state index contributed by atoms with van der Waals surface area (Å²) in [6.07, 6.45) is 1.14. The van der Waals surface area contributed by atoms with Crippen molar-refractivity contribution >= 4 is 31.6 Å². The van der Waals surface area contributed by atoms with E-state index in [-0.39, 0.29) is 17.3 Å². The van der Waals surface area contributed by atoms with Crippen LogP contribution in [0, 0.1) is 0 Å². The fraction of sp³-hybridized carbons (Fsp3) is 0.133. The Hall–Kier alpha value is -1.66. The second-order valence-electron chi connectivity index (χ2n) is 4.44. The number of benzene rings is 2. The largest absolute Gasteiger partial charge is 0.485 e. The van der Waals surface area contributed by atoms with Gasteiger partial charge in [-0.2, -0.15) is 0 Å². The number of ketones is 1. The molecule has 0 aliphatic rings. The molecular weight excluding hydrogens is 356 g/mol. The predicted octanol–water partition coefficient (Wildman–Crippen LogP) is 3.11. The Bertz CT molecular complexity index is 751. The molecule has 110 valence electrons. The Morgan fingerprint density at radius 3 is 2.29 bits per heavy atom. The number of ether oxygens (including phenoxy) is 1. The van der Waals surface area contributed by atoms with E-state index >= 15 is 0 Å². The summed E-state index contributed by atoms with van der Waals surface area (Å²) in [4.78, 5) is 12.2. The summed E-state index contributed by atoms with van der Waals surface area (Å²) in [7, 11) is -3.23. The summed E-state index contributed by atoms with van der Waals surface area (Å²) in [5.41, 5.74) is 0.547. The van der Waals surface area contributed by atoms with Crippen molar-refractivity contribution in [3.63, 3.8) is 0 Å². The van der Waals surface area contributed by atoms with Gasteiger partial charge in [-0.05, 0) is 30.3 Å². The SMILES string of the molecule is CS(=O)(=O)c1ccc(OCC(=O)c2ccccc2Br)cc1. The van der Waals surface area contributed by atoms with Crippen molar-refractivity contribution in [3.05, 3.63) is 58.6 Å². The maximum absolute atomic E-state index is 12.0. The van der Waals surface area contributed by atoms with Gasteiger partial charge in [-0.15, -0.1) is 0 Å². The summed E-state index contributed by atoms with van der Waals surface area (Å²) >= 11 is 3.31. The zero-order valence-electron chi connectivity index (χ0n) is 11.2. The Labute approximate surface area is 131 Å². The highest BCUT2D eigenvalue weighted by Gasteiger charge is 2.11. The van der Waals surface area contributed by atoms with E-state index in [9.17, 15) is 13.2 Å². The number of carbonyl (C=O) groups is 1. The molecule has 2 aromatic rings. The molecule has 0 aliphatic carbocycles. The van der Waals surface area contributed by atoms with E-state index in [1.165, 1.54) is 24.3 Å². The van der Waals surface area contributed by atoms with E-state index < -0.39 is 9.84 Å². The van der Waals surface area contributed by atoms with Gasteiger partial charge in [-0.25, -0.2) is 8.42 Å². The maximum Gasteiger partial charge on any atom is 0.201 e. The molecule has 0 N–H and O–H groups in total. The maximum atomic E-state index is 12.0. The molecule has 0 radical (unpaired) electrons. The van der Waals surface area contributed by atoms with Crippen molar-refractivity contribution in [2.75, 3.05) is 12.9 Å². The van der Waals surface area contributed by atoms with Crippen molar-refractivity contribution in [2.45, 2.75) is 4.90 Å². The smallest absolute Gasteiger partial charge is 0.201 e. The minimum Gasteiger partial charge on any atom is -0.485 e. The third kappa shape index (κ3) is 4.15. The van der Waals surface area contributed by atoms with Crippen LogP contribution < -0.4 is 4.74 Å². The Morgan fingerprint density at radius 2 is 1.71 bits per heavy atom. The molecule has 0 spiro atoms. The first-order valence-corrected chi connectivity index (χ1v) is 8.77. The van der Waals surface area contributed by atoms with E-state index in [1.54, 1.807) is 18.2 Å². The van der Waals surface area contributed by atoms with Crippen LogP contribution in [0.15, 0.2) is 57.9 Å². The highest BCUT2D eigenvalue weighted by atomic mass is 79.9. The molecule has 2 rings (SSSR count). The van der Waals surface area contributed by atoms with Crippen molar-refractivity contribution < 1.29 is 17.9 Å². The number of sulfone groups is 1. The average molecular weight is 369 g/mol. The van der Waals surface area contributed by atoms with Crippen LogP contribution >= 0.6 is 15.9 Å². The molecule has 0 aliphatic heterocycles. The van der Waals surface area contributed by atoms with Gasteiger partial charge in [0.1, 0.15) is 5.75 Å². The molecule has 0 atom stereocenters. The van der Waals surface area contributed by atoms with Gasteiger partial charge in [0, 0.05) is 16.3 Å². The first-order valence-electron chi connectivity index (χ1n) is 6.08. The molecule has 2 aromatic carbocycles. The monoisotopic (exact) mass is 368 g/mol. The van der Waals surface area contributed by atoms with Gasteiger partial charge in [-0.3, -0.25) is 4.79 Å². The van der Waals surface area contributed by atoms with Gasteiger partial charge in [0.05, 0.1) is 4.90 Å². The van der Waals surface area contributed by atoms with Crippen molar-refractivity contribution in [1.82, 2.24) is 0 Å². The van der Waals surface area contributed by atoms with Crippen molar-refractivity contribution in [3.8, 4) is 5.75 Å². The number of Topliss-reactive ketones (excluding diaryl/α,β-unsaturated/α-hetero) is 1. The van der Waals surface area contributed by atoms with E-state index in [4.69, 9.17) is 4.74 Å². The average Bonchev–Trinajstić information content (AvgIpc) is 2.45. The lowest BCUT2D eigenvalue weighted by atomic mass is 10.1. The molecular formula is C15H13BrO4S. The van der Waals surface area contributed by atoms with Gasteiger partial charge in [0.15, 0.2) is 16.4 Å². The van der Waals surface area contributed by atoms with Crippen molar-refractivity contribution in [1.29, 1.82) is 0 Å². The quantitative estimate of drug-likeness (QED) is 0.760. The molecule has 0 unspecified atom stereocenters. The number of carbonyl (C=O) groups excluding carboxylic acids is 1. The Morgan fingerprint density at radius 1 is 1.10 bits per heavy atom. The van der Waals surface area contributed by atoms with Gasteiger partial charge in [0.25, 0.3) is 0 Å². The first-order chi connectivity index (χ1) is 9.88. The van der Waals surface area contributed by atoms with Crippen LogP contribution in [0.1, 0.15) is 10.4 Å². The Kier molecular flexibility index (Phi) is 4.80. The number of halogens is 1. The van der Waals surface area contributed by atoms with Crippen LogP contribution in [0.4, 0.5) is 0 Å². The minimum atomic E-state index is -3.23. The van der Waals surface area contributed by atoms with Gasteiger partial charge in [-0.1, -0.05) is 34.1 Å². The molecule has 0 heterocycles. The molecule has 0 fully saturated rings. The van der Waals surface area contributed by atoms with Crippen LogP contribution in [0.5, 0.6) is 5.75 Å². The summed E-state index contributed by atoms with van der Waals surface area (Å²) < 4.78 is 28.8. The van der Waals surface area contributed by atoms with E-state index in [0.717, 1.165) is 6.26 Å². The molecule has 0 amide bonds. The third-order valence-corrected chi connectivity index (χ3v) is 4.62. The summed E-state index contributed by atoms with van der Waals surface area (Å²) in [6.45, 7) is -0.110. The predicted molar refractivity (Wildman–Crippen MR) is 83.5 cm³/mol. The lowest BCUT2D eigenvalue weighted by Crippen LogP contribution is -2.12. The van der Waals surface area contributed by atoms with Crippen molar-refractivity contribution in [2.24, 2.45) is 0 Å². The van der Waals surface area contributed by atoms with Crippen LogP contribution in [0.2, 0.25) is 0 Å². The fourth-order valence-electron chi connectivity index (χ4n) is 1.70. The van der Waals surface area contributed by atoms with Gasteiger partial charge >= 0.3 is 0 Å². The van der Waals surface area contributed by atoms with Crippen LogP contribution in [0.3, 0.4) is 0 Å². The van der Waals surface area contributed by atoms with Crippen LogP contribution in [0.25, 0.3) is 0 Å². The summed E-state index contributed by atoms with van der Waals surface area (Å²) in [5.74, 6) is 0.289. The normalized spacial score (nSPS) is 11.1. The van der Waals surface area contributed by atoms with E-state index in [0.29, 0.717) is 15.8 Å². The van der Waals surface area contributed by atoms with Gasteiger partial charge in [0.2, 0.25) is 5.78 Å². The summed E-state index contributed by atoms with van der Waals surface area (Å²) in [5, 5.41) is 0. The van der Waals surface area contributed by atoms with Gasteiger partial charge < -0.3 is 4.74 Å². The zero-order chi connectivity index (χ0) is 15.5. The second-order valence-corrected chi connectivity index (χ2v) is 7.31. The lowest BCUT2D eigenvalue weighted by Gasteiger charge is -2.07. The van der Waals surface area contributed by atoms with Crippen LogP contribution in [-0.4, -0.2) is 27.1 Å². The second kappa shape index (κ2) is 6.41. The topological polar surface area (TPSA) is 60.4 Å². The highest BCUT2D eigenvalue weighted by Crippen LogP contribution is 2.18. The summed E-state index contributed by atoms with van der Waals surface area (Å²) in [6, 6.07) is 13.1. The van der Waals surface area contributed by atoms with E-state index in [1.807, 2.05) is 6.07 Å². The first kappa shape index (κ1) is 15.7. The fourth-order valence-corrected chi connectivity index (χ4v) is 2.83. The molecule has 21 heavy (non-hydrogen) atoms. The molecule has 0 saturated heterocycles. The minimum absolute atomic E-state index is 0.110.